The quantitative estimate of drug-likeness (QED) is 0.224. The standard InChI is InChI=1S/C25H17Cl2N5O4/c26-15-9-10-17(16(12-15)22-31-25(35)36-32-22)29-23(33)19-11-14-7-4-8-18(21(14)28-19)30-24(34)20(27)13-5-2-1-3-6-13/h1-12,20,28H,(H,29,33)(H,30,34)(H,31,32,35). The zero-order valence-electron chi connectivity index (χ0n) is 18.3. The lowest BCUT2D eigenvalue weighted by molar-refractivity contribution is -0.116. The molecule has 2 heterocycles. The third-order valence-corrected chi connectivity index (χ3v) is 6.09. The van der Waals surface area contributed by atoms with Gasteiger partial charge >= 0.3 is 5.76 Å². The Morgan fingerprint density at radius 3 is 2.47 bits per heavy atom. The van der Waals surface area contributed by atoms with Crippen LogP contribution in [-0.4, -0.2) is 26.9 Å². The van der Waals surface area contributed by atoms with Crippen molar-refractivity contribution in [3.05, 3.63) is 99.6 Å². The maximum Gasteiger partial charge on any atom is 0.439 e. The molecule has 0 aliphatic carbocycles. The lowest BCUT2D eigenvalue weighted by atomic mass is 10.1. The van der Waals surface area contributed by atoms with Crippen LogP contribution in [0.5, 0.6) is 0 Å². The first-order valence-electron chi connectivity index (χ1n) is 10.7. The largest absolute Gasteiger partial charge is 0.439 e. The van der Waals surface area contributed by atoms with Gasteiger partial charge in [-0.3, -0.25) is 19.1 Å². The summed E-state index contributed by atoms with van der Waals surface area (Å²) < 4.78 is 4.57. The van der Waals surface area contributed by atoms with Gasteiger partial charge in [-0.2, -0.15) is 0 Å². The number of nitrogens with zero attached hydrogens (tertiary/aromatic N) is 1. The highest BCUT2D eigenvalue weighted by Crippen LogP contribution is 2.30. The Labute approximate surface area is 213 Å². The molecule has 0 aliphatic heterocycles. The molecule has 4 N–H and O–H groups in total. The fourth-order valence-corrected chi connectivity index (χ4v) is 4.08. The number of nitrogens with one attached hydrogen (secondary N) is 4. The van der Waals surface area contributed by atoms with Crippen LogP contribution in [0.3, 0.4) is 0 Å². The fourth-order valence-electron chi connectivity index (χ4n) is 3.71. The summed E-state index contributed by atoms with van der Waals surface area (Å²) in [6, 6.07) is 20.7. The fraction of sp³-hybridized carbons (Fsp3) is 0.0400. The Balaban J connectivity index is 1.40. The molecule has 0 bridgehead atoms. The van der Waals surface area contributed by atoms with E-state index in [-0.39, 0.29) is 11.5 Å². The van der Waals surface area contributed by atoms with Gasteiger partial charge in [-0.1, -0.05) is 59.2 Å². The first-order valence-corrected chi connectivity index (χ1v) is 11.5. The summed E-state index contributed by atoms with van der Waals surface area (Å²) in [5.41, 5.74) is 2.68. The van der Waals surface area contributed by atoms with E-state index in [0.717, 1.165) is 0 Å². The van der Waals surface area contributed by atoms with Crippen LogP contribution in [0.2, 0.25) is 5.02 Å². The lowest BCUT2D eigenvalue weighted by Gasteiger charge is -2.11. The van der Waals surface area contributed by atoms with Crippen molar-refractivity contribution < 1.29 is 14.1 Å². The van der Waals surface area contributed by atoms with E-state index in [2.05, 4.69) is 30.3 Å². The Bertz CT molecular complexity index is 1640. The van der Waals surface area contributed by atoms with E-state index in [9.17, 15) is 14.4 Å². The minimum Gasteiger partial charge on any atom is -0.349 e. The third-order valence-electron chi connectivity index (χ3n) is 5.41. The number of H-pyrrole nitrogens is 2. The van der Waals surface area contributed by atoms with Gasteiger partial charge in [-0.15, -0.1) is 11.6 Å². The topological polar surface area (TPSA) is 133 Å². The summed E-state index contributed by atoms with van der Waals surface area (Å²) in [5.74, 6) is -1.48. The Morgan fingerprint density at radius 2 is 1.72 bits per heavy atom. The SMILES string of the molecule is O=C(Nc1ccc(Cl)cc1-c1noc(=O)[nH]1)c1cc2cccc(NC(=O)C(Cl)c3ccccc3)c2[nH]1. The molecule has 1 unspecified atom stereocenters. The van der Waals surface area contributed by atoms with Crippen LogP contribution in [-0.2, 0) is 4.79 Å². The van der Waals surface area contributed by atoms with E-state index < -0.39 is 22.9 Å². The summed E-state index contributed by atoms with van der Waals surface area (Å²) in [6.07, 6.45) is 0. The number of amides is 2. The molecule has 1 atom stereocenters. The first kappa shape index (κ1) is 23.4. The van der Waals surface area contributed by atoms with Crippen molar-refractivity contribution in [2.75, 3.05) is 10.6 Å². The van der Waals surface area contributed by atoms with Gasteiger partial charge in [0, 0.05) is 16.0 Å². The van der Waals surface area contributed by atoms with Gasteiger partial charge in [0.05, 0.1) is 16.9 Å². The normalized spacial score (nSPS) is 11.8. The number of aromatic amines is 2. The van der Waals surface area contributed by atoms with Crippen molar-refractivity contribution in [3.8, 4) is 11.4 Å². The first-order chi connectivity index (χ1) is 17.4. The van der Waals surface area contributed by atoms with E-state index in [1.807, 2.05) is 12.1 Å². The molecule has 0 saturated heterocycles. The van der Waals surface area contributed by atoms with Gasteiger partial charge in [0.25, 0.3) is 5.91 Å². The number of carbonyl (C=O) groups excluding carboxylic acids is 2. The van der Waals surface area contributed by atoms with Gasteiger partial charge in [0.1, 0.15) is 11.1 Å². The van der Waals surface area contributed by atoms with Crippen LogP contribution in [0.1, 0.15) is 21.4 Å². The molecule has 0 spiro atoms. The molecule has 5 rings (SSSR count). The van der Waals surface area contributed by atoms with Crippen LogP contribution in [0.25, 0.3) is 22.3 Å². The second kappa shape index (κ2) is 9.73. The molecule has 180 valence electrons. The molecule has 2 aromatic heterocycles. The highest BCUT2D eigenvalue weighted by molar-refractivity contribution is 6.33. The van der Waals surface area contributed by atoms with E-state index in [1.54, 1.807) is 60.7 Å². The molecule has 0 fully saturated rings. The van der Waals surface area contributed by atoms with Gasteiger partial charge < -0.3 is 15.6 Å². The monoisotopic (exact) mass is 521 g/mol. The highest BCUT2D eigenvalue weighted by Gasteiger charge is 2.20. The average Bonchev–Trinajstić information content (AvgIpc) is 3.52. The number of alkyl halides is 1. The minimum absolute atomic E-state index is 0.119. The molecular weight excluding hydrogens is 505 g/mol. The van der Waals surface area contributed by atoms with E-state index >= 15 is 0 Å². The van der Waals surface area contributed by atoms with Crippen molar-refractivity contribution in [2.24, 2.45) is 0 Å². The molecule has 5 aromatic rings. The van der Waals surface area contributed by atoms with E-state index in [1.165, 1.54) is 0 Å². The molecule has 0 radical (unpaired) electrons. The molecule has 11 heteroatoms. The molecule has 0 saturated carbocycles. The second-order valence-corrected chi connectivity index (χ2v) is 8.68. The molecule has 2 amide bonds. The number of halogens is 2. The summed E-state index contributed by atoms with van der Waals surface area (Å²) in [4.78, 5) is 42.7. The molecule has 0 aliphatic rings. The van der Waals surface area contributed by atoms with Gasteiger partial charge in [-0.25, -0.2) is 4.79 Å². The maximum atomic E-state index is 13.1. The number of fused-ring (bicyclic) bond motifs is 1. The number of hydrogen-bond donors (Lipinski definition) is 4. The number of carbonyl (C=O) groups is 2. The Kier molecular flexibility index (Phi) is 6.32. The van der Waals surface area contributed by atoms with Crippen LogP contribution >= 0.6 is 23.2 Å². The number of rotatable bonds is 6. The predicted molar refractivity (Wildman–Crippen MR) is 137 cm³/mol. The predicted octanol–water partition coefficient (Wildman–Crippen LogP) is 5.34. The minimum atomic E-state index is -0.884. The average molecular weight is 522 g/mol. The number of benzene rings is 3. The van der Waals surface area contributed by atoms with Crippen molar-refractivity contribution in [2.45, 2.75) is 5.38 Å². The second-order valence-electron chi connectivity index (χ2n) is 7.80. The summed E-state index contributed by atoms with van der Waals surface area (Å²) >= 11 is 12.4. The van der Waals surface area contributed by atoms with E-state index in [0.29, 0.717) is 38.4 Å². The van der Waals surface area contributed by atoms with Crippen LogP contribution in [0, 0.1) is 0 Å². The lowest BCUT2D eigenvalue weighted by Crippen LogP contribution is -2.17. The van der Waals surface area contributed by atoms with Crippen molar-refractivity contribution in [3.63, 3.8) is 0 Å². The van der Waals surface area contributed by atoms with Crippen molar-refractivity contribution in [1.82, 2.24) is 15.1 Å². The van der Waals surface area contributed by atoms with Crippen molar-refractivity contribution >= 4 is 57.3 Å². The van der Waals surface area contributed by atoms with E-state index in [4.69, 9.17) is 23.2 Å². The number of hydrogen-bond acceptors (Lipinski definition) is 5. The molecule has 36 heavy (non-hydrogen) atoms. The maximum absolute atomic E-state index is 13.1. The number of anilines is 2. The van der Waals surface area contributed by atoms with Crippen LogP contribution < -0.4 is 16.4 Å². The van der Waals surface area contributed by atoms with Gasteiger partial charge in [0.15, 0.2) is 5.82 Å². The highest BCUT2D eigenvalue weighted by atomic mass is 35.5. The Morgan fingerprint density at radius 1 is 0.917 bits per heavy atom. The van der Waals surface area contributed by atoms with Crippen molar-refractivity contribution in [1.29, 1.82) is 0 Å². The molecule has 3 aromatic carbocycles. The van der Waals surface area contributed by atoms with Crippen LogP contribution in [0.15, 0.2) is 82.1 Å². The smallest absolute Gasteiger partial charge is 0.349 e. The summed E-state index contributed by atoms with van der Waals surface area (Å²) in [7, 11) is 0. The van der Waals surface area contributed by atoms with Crippen LogP contribution in [0.4, 0.5) is 11.4 Å². The number of para-hydroxylation sites is 1. The van der Waals surface area contributed by atoms with Gasteiger partial charge in [0.2, 0.25) is 5.91 Å². The zero-order chi connectivity index (χ0) is 25.2. The zero-order valence-corrected chi connectivity index (χ0v) is 19.9. The third kappa shape index (κ3) is 4.74. The van der Waals surface area contributed by atoms with Gasteiger partial charge in [-0.05, 0) is 35.9 Å². The number of aromatic nitrogens is 3. The molecular formula is C25H17Cl2N5O4. The summed E-state index contributed by atoms with van der Waals surface area (Å²) in [5, 5.41) is 9.48. The summed E-state index contributed by atoms with van der Waals surface area (Å²) in [6.45, 7) is 0. The Hall–Kier alpha value is -4.34. The molecule has 9 nitrogen and oxygen atoms in total.